The number of aromatic nitrogens is 2. The van der Waals surface area contributed by atoms with Crippen molar-refractivity contribution < 1.29 is 5.11 Å². The highest BCUT2D eigenvalue weighted by Crippen LogP contribution is 2.19. The molecule has 130 valence electrons. The molecule has 0 radical (unpaired) electrons. The predicted molar refractivity (Wildman–Crippen MR) is 97.4 cm³/mol. The molecule has 5 nitrogen and oxygen atoms in total. The third kappa shape index (κ3) is 4.44. The van der Waals surface area contributed by atoms with Gasteiger partial charge in [0.05, 0.1) is 12.2 Å². The lowest BCUT2D eigenvalue weighted by molar-refractivity contribution is 0.139. The van der Waals surface area contributed by atoms with Gasteiger partial charge in [0.25, 0.3) is 5.56 Å². The summed E-state index contributed by atoms with van der Waals surface area (Å²) < 4.78 is 1.61. The molecule has 6 heteroatoms. The van der Waals surface area contributed by atoms with Crippen LogP contribution in [-0.2, 0) is 6.54 Å². The number of likely N-dealkylation sites (tertiary alicyclic amines) is 1. The SMILES string of the molecule is Cl.O=c1c(-c2ccccc2)ccnn1CC1CCN(CCO)CC1. The van der Waals surface area contributed by atoms with Gasteiger partial charge in [0, 0.05) is 19.3 Å². The Morgan fingerprint density at radius 1 is 1.12 bits per heavy atom. The van der Waals surface area contributed by atoms with Gasteiger partial charge < -0.3 is 10.0 Å². The molecule has 3 rings (SSSR count). The van der Waals surface area contributed by atoms with Crippen LogP contribution >= 0.6 is 12.4 Å². The summed E-state index contributed by atoms with van der Waals surface area (Å²) in [6.07, 6.45) is 3.80. The van der Waals surface area contributed by atoms with E-state index < -0.39 is 0 Å². The van der Waals surface area contributed by atoms with Crippen LogP contribution in [0.3, 0.4) is 0 Å². The van der Waals surface area contributed by atoms with Crippen LogP contribution in [-0.4, -0.2) is 46.0 Å². The van der Waals surface area contributed by atoms with Crippen molar-refractivity contribution in [3.05, 3.63) is 52.9 Å². The minimum Gasteiger partial charge on any atom is -0.395 e. The quantitative estimate of drug-likeness (QED) is 0.897. The van der Waals surface area contributed by atoms with Crippen molar-refractivity contribution >= 4 is 12.4 Å². The Labute approximate surface area is 148 Å². The molecule has 0 aliphatic carbocycles. The van der Waals surface area contributed by atoms with Gasteiger partial charge in [-0.25, -0.2) is 4.68 Å². The molecule has 2 heterocycles. The van der Waals surface area contributed by atoms with E-state index in [1.54, 1.807) is 16.9 Å². The summed E-state index contributed by atoms with van der Waals surface area (Å²) in [6.45, 7) is 3.60. The summed E-state index contributed by atoms with van der Waals surface area (Å²) in [5.41, 5.74) is 1.63. The van der Waals surface area contributed by atoms with Crippen molar-refractivity contribution in [1.29, 1.82) is 0 Å². The first-order valence-electron chi connectivity index (χ1n) is 8.22. The van der Waals surface area contributed by atoms with Crippen LogP contribution in [0.4, 0.5) is 0 Å². The highest BCUT2D eigenvalue weighted by molar-refractivity contribution is 5.85. The van der Waals surface area contributed by atoms with E-state index in [0.717, 1.165) is 38.0 Å². The number of aliphatic hydroxyl groups is 1. The Kier molecular flexibility index (Phi) is 6.97. The fourth-order valence-electron chi connectivity index (χ4n) is 3.20. The molecule has 0 atom stereocenters. The van der Waals surface area contributed by atoms with E-state index in [0.29, 0.717) is 18.0 Å². The number of piperidine rings is 1. The van der Waals surface area contributed by atoms with Gasteiger partial charge in [0.1, 0.15) is 0 Å². The van der Waals surface area contributed by atoms with Crippen molar-refractivity contribution in [3.8, 4) is 11.1 Å². The number of β-amino-alcohol motifs (C(OH)–C–C–N with tert-alkyl or cyclic N) is 1. The van der Waals surface area contributed by atoms with Crippen LogP contribution in [0, 0.1) is 5.92 Å². The Morgan fingerprint density at radius 3 is 2.50 bits per heavy atom. The Bertz CT molecular complexity index is 682. The molecule has 0 spiro atoms. The molecular formula is C18H24ClN3O2. The molecule has 1 aliphatic heterocycles. The molecule has 1 aliphatic rings. The van der Waals surface area contributed by atoms with Gasteiger partial charge in [-0.05, 0) is 43.5 Å². The van der Waals surface area contributed by atoms with Gasteiger partial charge in [-0.3, -0.25) is 4.79 Å². The average molecular weight is 350 g/mol. The fourth-order valence-corrected chi connectivity index (χ4v) is 3.20. The van der Waals surface area contributed by atoms with Gasteiger partial charge in [-0.2, -0.15) is 5.10 Å². The molecule has 1 fully saturated rings. The zero-order chi connectivity index (χ0) is 16.1. The highest BCUT2D eigenvalue weighted by Gasteiger charge is 2.20. The van der Waals surface area contributed by atoms with Crippen LogP contribution in [0.15, 0.2) is 47.4 Å². The Balaban J connectivity index is 0.00000208. The number of hydrogen-bond acceptors (Lipinski definition) is 4. The van der Waals surface area contributed by atoms with Crippen LogP contribution in [0.5, 0.6) is 0 Å². The molecule has 1 saturated heterocycles. The molecule has 0 saturated carbocycles. The molecule has 0 bridgehead atoms. The molecule has 24 heavy (non-hydrogen) atoms. The predicted octanol–water partition coefficient (Wildman–Crippen LogP) is 2.04. The maximum atomic E-state index is 12.7. The second kappa shape index (κ2) is 8.97. The minimum atomic E-state index is -0.0171. The van der Waals surface area contributed by atoms with Gasteiger partial charge in [-0.1, -0.05) is 30.3 Å². The minimum absolute atomic E-state index is 0. The molecule has 2 aromatic rings. The van der Waals surface area contributed by atoms with Crippen molar-refractivity contribution in [3.63, 3.8) is 0 Å². The van der Waals surface area contributed by atoms with E-state index in [2.05, 4.69) is 10.00 Å². The van der Waals surface area contributed by atoms with Gasteiger partial charge in [0.2, 0.25) is 0 Å². The van der Waals surface area contributed by atoms with Crippen molar-refractivity contribution in [1.82, 2.24) is 14.7 Å². The lowest BCUT2D eigenvalue weighted by Crippen LogP contribution is -2.38. The second-order valence-corrected chi connectivity index (χ2v) is 6.11. The van der Waals surface area contributed by atoms with E-state index >= 15 is 0 Å². The van der Waals surface area contributed by atoms with Crippen LogP contribution in [0.25, 0.3) is 11.1 Å². The van der Waals surface area contributed by atoms with E-state index in [1.165, 1.54) is 0 Å². The second-order valence-electron chi connectivity index (χ2n) is 6.11. The first kappa shape index (κ1) is 18.6. The van der Waals surface area contributed by atoms with Gasteiger partial charge in [-0.15, -0.1) is 12.4 Å². The first-order chi connectivity index (χ1) is 11.3. The van der Waals surface area contributed by atoms with Crippen molar-refractivity contribution in [2.45, 2.75) is 19.4 Å². The lowest BCUT2D eigenvalue weighted by atomic mass is 9.97. The van der Waals surface area contributed by atoms with E-state index in [-0.39, 0.29) is 24.6 Å². The summed E-state index contributed by atoms with van der Waals surface area (Å²) in [5, 5.41) is 13.3. The van der Waals surface area contributed by atoms with Crippen LogP contribution in [0.2, 0.25) is 0 Å². The summed E-state index contributed by atoms with van der Waals surface area (Å²) in [7, 11) is 0. The first-order valence-corrected chi connectivity index (χ1v) is 8.22. The fraction of sp³-hybridized carbons (Fsp3) is 0.444. The highest BCUT2D eigenvalue weighted by atomic mass is 35.5. The largest absolute Gasteiger partial charge is 0.395 e. The Hall–Kier alpha value is -1.69. The number of hydrogen-bond donors (Lipinski definition) is 1. The number of aliphatic hydroxyl groups excluding tert-OH is 1. The maximum absolute atomic E-state index is 12.7. The third-order valence-corrected chi connectivity index (χ3v) is 4.55. The van der Waals surface area contributed by atoms with Crippen molar-refractivity contribution in [2.75, 3.05) is 26.2 Å². The topological polar surface area (TPSA) is 58.4 Å². The van der Waals surface area contributed by atoms with Crippen molar-refractivity contribution in [2.24, 2.45) is 5.92 Å². The number of halogens is 1. The average Bonchev–Trinajstić information content (AvgIpc) is 2.59. The van der Waals surface area contributed by atoms with E-state index in [4.69, 9.17) is 5.11 Å². The Morgan fingerprint density at radius 2 is 1.83 bits per heavy atom. The van der Waals surface area contributed by atoms with E-state index in [9.17, 15) is 4.79 Å². The summed E-state index contributed by atoms with van der Waals surface area (Å²) in [6, 6.07) is 11.5. The summed E-state index contributed by atoms with van der Waals surface area (Å²) in [5.74, 6) is 0.473. The van der Waals surface area contributed by atoms with Crippen LogP contribution < -0.4 is 5.56 Å². The summed E-state index contributed by atoms with van der Waals surface area (Å²) >= 11 is 0. The molecule has 1 N–H and O–H groups in total. The van der Waals surface area contributed by atoms with Gasteiger partial charge in [0.15, 0.2) is 0 Å². The molecular weight excluding hydrogens is 326 g/mol. The summed E-state index contributed by atoms with van der Waals surface area (Å²) in [4.78, 5) is 14.9. The number of rotatable bonds is 5. The number of benzene rings is 1. The smallest absolute Gasteiger partial charge is 0.274 e. The lowest BCUT2D eigenvalue weighted by Gasteiger charge is -2.31. The zero-order valence-corrected chi connectivity index (χ0v) is 14.5. The van der Waals surface area contributed by atoms with E-state index in [1.807, 2.05) is 30.3 Å². The monoisotopic (exact) mass is 349 g/mol. The molecule has 1 aromatic carbocycles. The normalized spacial score (nSPS) is 15.9. The molecule has 0 amide bonds. The molecule has 1 aromatic heterocycles. The zero-order valence-electron chi connectivity index (χ0n) is 13.7. The van der Waals surface area contributed by atoms with Crippen LogP contribution in [0.1, 0.15) is 12.8 Å². The standard InChI is InChI=1S/C18H23N3O2.ClH/c22-13-12-20-10-7-15(8-11-20)14-21-18(23)17(6-9-19-21)16-4-2-1-3-5-16;/h1-6,9,15,22H,7-8,10-14H2;1H. The molecule has 0 unspecified atom stereocenters. The maximum Gasteiger partial charge on any atom is 0.274 e. The van der Waals surface area contributed by atoms with Gasteiger partial charge >= 0.3 is 0 Å². The number of nitrogens with zero attached hydrogens (tertiary/aromatic N) is 3. The third-order valence-electron chi connectivity index (χ3n) is 4.55.